The van der Waals surface area contributed by atoms with Crippen LogP contribution in [0.5, 0.6) is 0 Å². The van der Waals surface area contributed by atoms with Crippen LogP contribution in [0.25, 0.3) is 0 Å². The van der Waals surface area contributed by atoms with Crippen molar-refractivity contribution >= 4 is 0 Å². The van der Waals surface area contributed by atoms with Crippen molar-refractivity contribution in [3.8, 4) is 0 Å². The van der Waals surface area contributed by atoms with Gasteiger partial charge in [-0.1, -0.05) is 19.4 Å². The molecule has 1 heterocycles. The number of nitrogens with zero attached hydrogens (tertiary/aromatic N) is 1. The summed E-state index contributed by atoms with van der Waals surface area (Å²) in [5.74, 6) is 0.765. The molecule has 70 valence electrons. The molecule has 1 nitrogen and oxygen atoms in total. The van der Waals surface area contributed by atoms with Gasteiger partial charge in [-0.2, -0.15) is 0 Å². The number of rotatable bonds is 2. The van der Waals surface area contributed by atoms with E-state index in [1.807, 2.05) is 0 Å². The first kappa shape index (κ1) is 9.63. The molecule has 0 N–H and O–H groups in total. The Morgan fingerprint density at radius 2 is 1.92 bits per heavy atom. The summed E-state index contributed by atoms with van der Waals surface area (Å²) >= 11 is 0. The van der Waals surface area contributed by atoms with Gasteiger partial charge in [0.2, 0.25) is 0 Å². The highest BCUT2D eigenvalue weighted by molar-refractivity contribution is 5.10. The highest BCUT2D eigenvalue weighted by Crippen LogP contribution is 2.28. The highest BCUT2D eigenvalue weighted by Gasteiger charge is 2.26. The van der Waals surface area contributed by atoms with Gasteiger partial charge in [-0.25, -0.2) is 0 Å². The van der Waals surface area contributed by atoms with Gasteiger partial charge in [-0.15, -0.1) is 0 Å². The fourth-order valence-corrected chi connectivity index (χ4v) is 1.95. The van der Waals surface area contributed by atoms with E-state index in [2.05, 4.69) is 45.7 Å². The lowest BCUT2D eigenvalue weighted by Gasteiger charge is -2.32. The molecule has 12 heavy (non-hydrogen) atoms. The maximum absolute atomic E-state index is 2.50. The molecule has 0 aliphatic carbocycles. The Kier molecular flexibility index (Phi) is 2.81. The van der Waals surface area contributed by atoms with Gasteiger partial charge >= 0.3 is 0 Å². The maximum Gasteiger partial charge on any atom is 0.0347 e. The molecular weight excluding hydrogens is 146 g/mol. The van der Waals surface area contributed by atoms with Gasteiger partial charge < -0.3 is 4.90 Å². The van der Waals surface area contributed by atoms with Crippen LogP contribution in [0.2, 0.25) is 0 Å². The first-order valence-corrected chi connectivity index (χ1v) is 4.97. The third-order valence-electron chi connectivity index (χ3n) is 2.65. The van der Waals surface area contributed by atoms with Crippen LogP contribution in [0.15, 0.2) is 11.8 Å². The van der Waals surface area contributed by atoms with Crippen LogP contribution in [0.1, 0.15) is 41.0 Å². The Hall–Kier alpha value is -0.460. The van der Waals surface area contributed by atoms with Gasteiger partial charge in [0.05, 0.1) is 0 Å². The van der Waals surface area contributed by atoms with Crippen molar-refractivity contribution < 1.29 is 0 Å². The van der Waals surface area contributed by atoms with Crippen molar-refractivity contribution in [3.05, 3.63) is 11.8 Å². The van der Waals surface area contributed by atoms with Crippen molar-refractivity contribution in [2.45, 2.75) is 53.1 Å². The highest BCUT2D eigenvalue weighted by atomic mass is 15.2. The summed E-state index contributed by atoms with van der Waals surface area (Å²) in [5, 5.41) is 0. The molecule has 1 aliphatic heterocycles. The molecule has 0 bridgehead atoms. The quantitative estimate of drug-likeness (QED) is 0.611. The molecule has 0 fully saturated rings. The summed E-state index contributed by atoms with van der Waals surface area (Å²) < 4.78 is 0. The van der Waals surface area contributed by atoms with Crippen LogP contribution in [0, 0.1) is 5.92 Å². The first-order valence-electron chi connectivity index (χ1n) is 4.97. The van der Waals surface area contributed by atoms with Crippen molar-refractivity contribution in [1.29, 1.82) is 0 Å². The van der Waals surface area contributed by atoms with Crippen LogP contribution in [-0.2, 0) is 0 Å². The molecule has 1 atom stereocenters. The monoisotopic (exact) mass is 167 g/mol. The van der Waals surface area contributed by atoms with Crippen LogP contribution < -0.4 is 0 Å². The number of hydrogen-bond acceptors (Lipinski definition) is 1. The Morgan fingerprint density at radius 1 is 1.33 bits per heavy atom. The summed E-state index contributed by atoms with van der Waals surface area (Å²) in [5.41, 5.74) is 1.53. The van der Waals surface area contributed by atoms with Crippen LogP contribution in [-0.4, -0.2) is 17.0 Å². The summed E-state index contributed by atoms with van der Waals surface area (Å²) in [6.45, 7) is 11.4. The van der Waals surface area contributed by atoms with Crippen LogP contribution in [0.4, 0.5) is 0 Å². The minimum atomic E-state index is 0.648. The van der Waals surface area contributed by atoms with E-state index in [1.165, 1.54) is 12.0 Å². The lowest BCUT2D eigenvalue weighted by molar-refractivity contribution is 0.200. The zero-order valence-electron chi connectivity index (χ0n) is 8.96. The summed E-state index contributed by atoms with van der Waals surface area (Å²) in [6.07, 6.45) is 3.59. The van der Waals surface area contributed by atoms with Crippen molar-refractivity contribution in [2.24, 2.45) is 5.92 Å². The van der Waals surface area contributed by atoms with E-state index in [0.717, 1.165) is 12.0 Å². The van der Waals surface area contributed by atoms with Gasteiger partial charge in [0, 0.05) is 12.1 Å². The maximum atomic E-state index is 2.50. The average Bonchev–Trinajstić information content (AvgIpc) is 2.31. The molecule has 0 radical (unpaired) electrons. The largest absolute Gasteiger partial charge is 0.371 e. The minimum absolute atomic E-state index is 0.648. The fraction of sp³-hybridized carbons (Fsp3) is 0.818. The molecular formula is C11H21N. The Bertz CT molecular complexity index is 179. The van der Waals surface area contributed by atoms with E-state index in [0.29, 0.717) is 6.04 Å². The molecule has 1 rings (SSSR count). The van der Waals surface area contributed by atoms with E-state index in [-0.39, 0.29) is 0 Å². The zero-order chi connectivity index (χ0) is 9.30. The molecule has 0 amide bonds. The van der Waals surface area contributed by atoms with Crippen molar-refractivity contribution in [1.82, 2.24) is 4.90 Å². The Balaban J connectivity index is 2.68. The SMILES string of the molecule is CC1=CN(C(C)C)[C@H](C(C)C)C1. The average molecular weight is 167 g/mol. The van der Waals surface area contributed by atoms with E-state index in [4.69, 9.17) is 0 Å². The standard InChI is InChI=1S/C11H21N/c1-8(2)11-6-10(5)7-12(11)9(3)4/h7-9,11H,6H2,1-5H3/t11-/m0/s1. The second-order valence-corrected chi connectivity index (χ2v) is 4.53. The van der Waals surface area contributed by atoms with Gasteiger partial charge in [-0.3, -0.25) is 0 Å². The smallest absolute Gasteiger partial charge is 0.0347 e. The molecule has 1 heteroatoms. The summed E-state index contributed by atoms with van der Waals surface area (Å²) in [7, 11) is 0. The van der Waals surface area contributed by atoms with Crippen molar-refractivity contribution in [2.75, 3.05) is 0 Å². The predicted molar refractivity (Wildman–Crippen MR) is 54.0 cm³/mol. The second kappa shape index (κ2) is 3.51. The van der Waals surface area contributed by atoms with Crippen LogP contribution >= 0.6 is 0 Å². The lowest BCUT2D eigenvalue weighted by atomic mass is 9.99. The molecule has 1 aliphatic rings. The molecule has 0 spiro atoms. The third-order valence-corrected chi connectivity index (χ3v) is 2.65. The molecule has 0 aromatic carbocycles. The van der Waals surface area contributed by atoms with E-state index < -0.39 is 0 Å². The number of hydrogen-bond donors (Lipinski definition) is 0. The van der Waals surface area contributed by atoms with E-state index >= 15 is 0 Å². The van der Waals surface area contributed by atoms with Gasteiger partial charge in [0.15, 0.2) is 0 Å². The minimum Gasteiger partial charge on any atom is -0.371 e. The topological polar surface area (TPSA) is 3.24 Å². The molecule has 0 unspecified atom stereocenters. The van der Waals surface area contributed by atoms with Crippen molar-refractivity contribution in [3.63, 3.8) is 0 Å². The molecule has 0 saturated carbocycles. The molecule has 0 saturated heterocycles. The van der Waals surface area contributed by atoms with Gasteiger partial charge in [0.25, 0.3) is 0 Å². The Morgan fingerprint density at radius 3 is 2.25 bits per heavy atom. The van der Waals surface area contributed by atoms with Crippen LogP contribution in [0.3, 0.4) is 0 Å². The summed E-state index contributed by atoms with van der Waals surface area (Å²) in [4.78, 5) is 2.50. The van der Waals surface area contributed by atoms with Gasteiger partial charge in [-0.05, 0) is 39.3 Å². The fourth-order valence-electron chi connectivity index (χ4n) is 1.95. The summed E-state index contributed by atoms with van der Waals surface area (Å²) in [6, 6.07) is 1.39. The van der Waals surface area contributed by atoms with E-state index in [1.54, 1.807) is 0 Å². The zero-order valence-corrected chi connectivity index (χ0v) is 8.96. The van der Waals surface area contributed by atoms with Gasteiger partial charge in [0.1, 0.15) is 0 Å². The predicted octanol–water partition coefficient (Wildman–Crippen LogP) is 3.03. The third kappa shape index (κ3) is 1.82. The Labute approximate surface area is 76.5 Å². The van der Waals surface area contributed by atoms with E-state index in [9.17, 15) is 0 Å². The molecule has 0 aromatic heterocycles. The molecule has 0 aromatic rings. The first-order chi connectivity index (χ1) is 5.52. The second-order valence-electron chi connectivity index (χ2n) is 4.53. The lowest BCUT2D eigenvalue weighted by Crippen LogP contribution is -2.36. The normalized spacial score (nSPS) is 24.1.